The van der Waals surface area contributed by atoms with Crippen molar-refractivity contribution in [1.29, 1.82) is 0 Å². The van der Waals surface area contributed by atoms with Crippen molar-refractivity contribution < 1.29 is 14.4 Å². The Hall–Kier alpha value is -2.21. The number of nitrogens with one attached hydrogen (secondary N) is 2. The van der Waals surface area contributed by atoms with Crippen molar-refractivity contribution in [1.82, 2.24) is 10.6 Å². The van der Waals surface area contributed by atoms with Gasteiger partial charge in [-0.25, -0.2) is 0 Å². The van der Waals surface area contributed by atoms with Crippen molar-refractivity contribution in [3.63, 3.8) is 0 Å². The van der Waals surface area contributed by atoms with E-state index in [0.717, 1.165) is 5.56 Å². The predicted octanol–water partition coefficient (Wildman–Crippen LogP) is 0.156. The summed E-state index contributed by atoms with van der Waals surface area (Å²) in [5.41, 5.74) is 6.48. The first-order valence-corrected chi connectivity index (χ1v) is 7.34. The summed E-state index contributed by atoms with van der Waals surface area (Å²) >= 11 is 0. The Kier molecular flexibility index (Phi) is 7.85. The van der Waals surface area contributed by atoms with Crippen LogP contribution in [0, 0.1) is 0 Å². The van der Waals surface area contributed by atoms with Crippen LogP contribution in [0.5, 0.6) is 0 Å². The Morgan fingerprint density at radius 3 is 2.50 bits per heavy atom. The summed E-state index contributed by atoms with van der Waals surface area (Å²) < 4.78 is 0. The monoisotopic (exact) mass is 305 g/mol. The van der Waals surface area contributed by atoms with E-state index in [9.17, 15) is 14.4 Å². The molecule has 6 heteroatoms. The van der Waals surface area contributed by atoms with Gasteiger partial charge in [-0.1, -0.05) is 30.3 Å². The van der Waals surface area contributed by atoms with Gasteiger partial charge in [0.2, 0.25) is 11.8 Å². The van der Waals surface area contributed by atoms with Gasteiger partial charge in [-0.15, -0.1) is 0 Å². The van der Waals surface area contributed by atoms with Gasteiger partial charge in [0.15, 0.2) is 0 Å². The molecule has 0 aromatic heterocycles. The third-order valence-electron chi connectivity index (χ3n) is 3.21. The van der Waals surface area contributed by atoms with Crippen LogP contribution >= 0.6 is 0 Å². The van der Waals surface area contributed by atoms with Crippen LogP contribution in [0.4, 0.5) is 0 Å². The Labute approximate surface area is 130 Å². The highest BCUT2D eigenvalue weighted by Crippen LogP contribution is 2.03. The molecule has 22 heavy (non-hydrogen) atoms. The fourth-order valence-corrected chi connectivity index (χ4v) is 1.90. The molecule has 2 amide bonds. The zero-order chi connectivity index (χ0) is 16.4. The van der Waals surface area contributed by atoms with Gasteiger partial charge >= 0.3 is 0 Å². The lowest BCUT2D eigenvalue weighted by Gasteiger charge is -2.19. The van der Waals surface area contributed by atoms with Crippen LogP contribution in [0.2, 0.25) is 0 Å². The summed E-state index contributed by atoms with van der Waals surface area (Å²) in [6.07, 6.45) is 1.41. The van der Waals surface area contributed by atoms with Gasteiger partial charge in [0.25, 0.3) is 0 Å². The largest absolute Gasteiger partial charge is 0.351 e. The maximum atomic E-state index is 12.0. The standard InChI is InChI=1S/C16H23N3O3/c1-12(11-17)18-16(22)14(9-10-20)19-15(21)8-7-13-5-3-2-4-6-13/h2-6,10,12,14H,7-9,11,17H2,1H3,(H,18,22)(H,19,21). The lowest BCUT2D eigenvalue weighted by Crippen LogP contribution is -2.50. The van der Waals surface area contributed by atoms with Gasteiger partial charge in [0.05, 0.1) is 0 Å². The molecule has 0 aliphatic heterocycles. The van der Waals surface area contributed by atoms with Crippen LogP contribution in [0.15, 0.2) is 30.3 Å². The summed E-state index contributed by atoms with van der Waals surface area (Å²) in [6.45, 7) is 2.05. The molecule has 4 N–H and O–H groups in total. The van der Waals surface area contributed by atoms with Gasteiger partial charge in [0.1, 0.15) is 12.3 Å². The van der Waals surface area contributed by atoms with Crippen molar-refractivity contribution in [2.45, 2.75) is 38.3 Å². The van der Waals surface area contributed by atoms with Crippen molar-refractivity contribution in [2.24, 2.45) is 5.73 Å². The number of carbonyl (C=O) groups excluding carboxylic acids is 3. The molecule has 0 saturated heterocycles. The maximum absolute atomic E-state index is 12.0. The molecule has 0 aliphatic carbocycles. The minimum absolute atomic E-state index is 0.0554. The van der Waals surface area contributed by atoms with Crippen molar-refractivity contribution in [2.75, 3.05) is 6.54 Å². The zero-order valence-corrected chi connectivity index (χ0v) is 12.7. The fourth-order valence-electron chi connectivity index (χ4n) is 1.90. The molecule has 0 saturated carbocycles. The van der Waals surface area contributed by atoms with E-state index in [1.807, 2.05) is 30.3 Å². The SMILES string of the molecule is CC(CN)NC(=O)C(CC=O)NC(=O)CCc1ccccc1. The topological polar surface area (TPSA) is 101 Å². The smallest absolute Gasteiger partial charge is 0.243 e. The Balaban J connectivity index is 2.49. The number of hydrogen-bond donors (Lipinski definition) is 3. The summed E-state index contributed by atoms with van der Waals surface area (Å²) in [5, 5.41) is 5.25. The normalized spacial score (nSPS) is 13.0. The Morgan fingerprint density at radius 1 is 1.23 bits per heavy atom. The summed E-state index contributed by atoms with van der Waals surface area (Å²) in [6, 6.07) is 8.54. The number of amides is 2. The number of benzene rings is 1. The van der Waals surface area contributed by atoms with Gasteiger partial charge in [-0.2, -0.15) is 0 Å². The van der Waals surface area contributed by atoms with E-state index >= 15 is 0 Å². The molecule has 0 aliphatic rings. The highest BCUT2D eigenvalue weighted by Gasteiger charge is 2.21. The van der Waals surface area contributed by atoms with E-state index in [0.29, 0.717) is 19.3 Å². The molecule has 0 bridgehead atoms. The second-order valence-corrected chi connectivity index (χ2v) is 5.15. The van der Waals surface area contributed by atoms with E-state index in [1.54, 1.807) is 6.92 Å². The van der Waals surface area contributed by atoms with Crippen LogP contribution < -0.4 is 16.4 Å². The molecule has 0 fully saturated rings. The molecule has 0 heterocycles. The number of rotatable bonds is 9. The van der Waals surface area contributed by atoms with E-state index in [-0.39, 0.29) is 24.8 Å². The van der Waals surface area contributed by atoms with Crippen LogP contribution in [0.3, 0.4) is 0 Å². The van der Waals surface area contributed by atoms with Crippen LogP contribution in [0.1, 0.15) is 25.3 Å². The Bertz CT molecular complexity index is 491. The molecule has 6 nitrogen and oxygen atoms in total. The molecule has 2 unspecified atom stereocenters. The molecule has 0 radical (unpaired) electrons. The molecular formula is C16H23N3O3. The lowest BCUT2D eigenvalue weighted by molar-refractivity contribution is -0.130. The van der Waals surface area contributed by atoms with E-state index in [2.05, 4.69) is 10.6 Å². The third-order valence-corrected chi connectivity index (χ3v) is 3.21. The molecular weight excluding hydrogens is 282 g/mol. The number of aldehydes is 1. The molecule has 1 aromatic carbocycles. The first kappa shape index (κ1) is 17.8. The van der Waals surface area contributed by atoms with Crippen LogP contribution in [0.25, 0.3) is 0 Å². The highest BCUT2D eigenvalue weighted by atomic mass is 16.2. The van der Waals surface area contributed by atoms with E-state index in [1.165, 1.54) is 0 Å². The second-order valence-electron chi connectivity index (χ2n) is 5.15. The van der Waals surface area contributed by atoms with Crippen molar-refractivity contribution in [3.05, 3.63) is 35.9 Å². The van der Waals surface area contributed by atoms with Gasteiger partial charge < -0.3 is 21.2 Å². The summed E-state index contributed by atoms with van der Waals surface area (Å²) in [7, 11) is 0. The molecule has 1 aromatic rings. The quantitative estimate of drug-likeness (QED) is 0.565. The van der Waals surface area contributed by atoms with E-state index in [4.69, 9.17) is 5.73 Å². The predicted molar refractivity (Wildman–Crippen MR) is 84.0 cm³/mol. The minimum atomic E-state index is -0.852. The fraction of sp³-hybridized carbons (Fsp3) is 0.438. The average Bonchev–Trinajstić information content (AvgIpc) is 2.53. The summed E-state index contributed by atoms with van der Waals surface area (Å²) in [4.78, 5) is 34.6. The minimum Gasteiger partial charge on any atom is -0.351 e. The van der Waals surface area contributed by atoms with Crippen molar-refractivity contribution in [3.8, 4) is 0 Å². The molecule has 0 spiro atoms. The summed E-state index contributed by atoms with van der Waals surface area (Å²) in [5.74, 6) is -0.649. The zero-order valence-electron chi connectivity index (χ0n) is 12.7. The van der Waals surface area contributed by atoms with Crippen molar-refractivity contribution >= 4 is 18.1 Å². The van der Waals surface area contributed by atoms with Crippen LogP contribution in [-0.2, 0) is 20.8 Å². The first-order valence-electron chi connectivity index (χ1n) is 7.34. The molecule has 120 valence electrons. The number of hydrogen-bond acceptors (Lipinski definition) is 4. The first-order chi connectivity index (χ1) is 10.6. The Morgan fingerprint density at radius 2 is 1.91 bits per heavy atom. The van der Waals surface area contributed by atoms with E-state index < -0.39 is 11.9 Å². The average molecular weight is 305 g/mol. The van der Waals surface area contributed by atoms with Gasteiger partial charge in [0, 0.05) is 25.4 Å². The lowest BCUT2D eigenvalue weighted by atomic mass is 10.1. The second kappa shape index (κ2) is 9.68. The van der Waals surface area contributed by atoms with Crippen LogP contribution in [-0.4, -0.2) is 36.7 Å². The third kappa shape index (κ3) is 6.49. The maximum Gasteiger partial charge on any atom is 0.243 e. The number of aryl methyl sites for hydroxylation is 1. The molecule has 1 rings (SSSR count). The highest BCUT2D eigenvalue weighted by molar-refractivity contribution is 5.89. The number of carbonyl (C=O) groups is 3. The molecule has 2 atom stereocenters. The van der Waals surface area contributed by atoms with Gasteiger partial charge in [-0.3, -0.25) is 9.59 Å². The van der Waals surface area contributed by atoms with Gasteiger partial charge in [-0.05, 0) is 18.9 Å². The number of nitrogens with two attached hydrogens (primary N) is 1.